The molecule has 1 saturated heterocycles. The first kappa shape index (κ1) is 9.44. The van der Waals surface area contributed by atoms with Crippen LogP contribution in [-0.4, -0.2) is 45.9 Å². The van der Waals surface area contributed by atoms with Crippen molar-refractivity contribution < 1.29 is 10.2 Å². The van der Waals surface area contributed by atoms with Crippen molar-refractivity contribution in [1.29, 1.82) is 0 Å². The van der Waals surface area contributed by atoms with Crippen molar-refractivity contribution in [3.63, 3.8) is 0 Å². The maximum absolute atomic E-state index is 9.81. The Labute approximate surface area is 79.4 Å². The molecule has 0 bridgehead atoms. The zero-order valence-electron chi connectivity index (χ0n) is 8.24. The summed E-state index contributed by atoms with van der Waals surface area (Å²) in [6.07, 6.45) is 3.84. The van der Waals surface area contributed by atoms with E-state index in [0.717, 1.165) is 38.8 Å². The fraction of sp³-hybridized carbons (Fsp3) is 1.00. The van der Waals surface area contributed by atoms with E-state index in [0.29, 0.717) is 6.04 Å². The van der Waals surface area contributed by atoms with Crippen LogP contribution >= 0.6 is 0 Å². The SMILES string of the molecule is CCC1(O)CN([C@@H]2CCC[C@H]2O)C1. The van der Waals surface area contributed by atoms with Crippen LogP contribution in [0.5, 0.6) is 0 Å². The number of hydrogen-bond donors (Lipinski definition) is 2. The van der Waals surface area contributed by atoms with Gasteiger partial charge in [-0.15, -0.1) is 0 Å². The van der Waals surface area contributed by atoms with Crippen molar-refractivity contribution in [2.24, 2.45) is 0 Å². The van der Waals surface area contributed by atoms with Crippen LogP contribution in [0.25, 0.3) is 0 Å². The first-order valence-corrected chi connectivity index (χ1v) is 5.29. The average molecular weight is 185 g/mol. The molecule has 2 fully saturated rings. The van der Waals surface area contributed by atoms with E-state index in [1.165, 1.54) is 0 Å². The molecule has 2 N–H and O–H groups in total. The highest BCUT2D eigenvalue weighted by Crippen LogP contribution is 2.32. The zero-order chi connectivity index (χ0) is 9.47. The van der Waals surface area contributed by atoms with E-state index < -0.39 is 5.60 Å². The largest absolute Gasteiger partial charge is 0.391 e. The molecule has 3 nitrogen and oxygen atoms in total. The maximum Gasteiger partial charge on any atom is 0.0897 e. The van der Waals surface area contributed by atoms with Crippen LogP contribution in [0.1, 0.15) is 32.6 Å². The molecule has 0 aromatic carbocycles. The van der Waals surface area contributed by atoms with E-state index in [4.69, 9.17) is 0 Å². The fourth-order valence-electron chi connectivity index (χ4n) is 2.51. The van der Waals surface area contributed by atoms with Gasteiger partial charge in [-0.3, -0.25) is 4.90 Å². The van der Waals surface area contributed by atoms with Gasteiger partial charge in [0.15, 0.2) is 0 Å². The summed E-state index contributed by atoms with van der Waals surface area (Å²) in [5.74, 6) is 0. The number of aliphatic hydroxyl groups is 2. The van der Waals surface area contributed by atoms with Gasteiger partial charge in [0.05, 0.1) is 11.7 Å². The van der Waals surface area contributed by atoms with Crippen molar-refractivity contribution in [3.05, 3.63) is 0 Å². The summed E-state index contributed by atoms with van der Waals surface area (Å²) in [5.41, 5.74) is -0.456. The molecule has 0 radical (unpaired) electrons. The van der Waals surface area contributed by atoms with Crippen LogP contribution in [-0.2, 0) is 0 Å². The van der Waals surface area contributed by atoms with Gasteiger partial charge in [0, 0.05) is 19.1 Å². The molecule has 1 heterocycles. The van der Waals surface area contributed by atoms with E-state index in [9.17, 15) is 10.2 Å². The lowest BCUT2D eigenvalue weighted by molar-refractivity contribution is -0.129. The monoisotopic (exact) mass is 185 g/mol. The van der Waals surface area contributed by atoms with Crippen molar-refractivity contribution >= 4 is 0 Å². The standard InChI is InChI=1S/C10H19NO2/c1-2-10(13)6-11(7-10)8-4-3-5-9(8)12/h8-9,12-13H,2-7H2,1H3/t8-,9-/m1/s1. The quantitative estimate of drug-likeness (QED) is 0.652. The number of rotatable bonds is 2. The highest BCUT2D eigenvalue weighted by atomic mass is 16.3. The number of β-amino-alcohol motifs (C(OH)–C–C–N with tert-alkyl or cyclic N) is 1. The van der Waals surface area contributed by atoms with Gasteiger partial charge in [0.1, 0.15) is 0 Å². The summed E-state index contributed by atoms with van der Waals surface area (Å²) in [5, 5.41) is 19.5. The molecule has 2 aliphatic rings. The van der Waals surface area contributed by atoms with Crippen LogP contribution in [0, 0.1) is 0 Å². The minimum absolute atomic E-state index is 0.151. The number of aliphatic hydroxyl groups excluding tert-OH is 1. The molecule has 0 aromatic rings. The second-order valence-corrected chi connectivity index (χ2v) is 4.55. The van der Waals surface area contributed by atoms with E-state index in [1.54, 1.807) is 0 Å². The topological polar surface area (TPSA) is 43.7 Å². The van der Waals surface area contributed by atoms with Gasteiger partial charge >= 0.3 is 0 Å². The van der Waals surface area contributed by atoms with Gasteiger partial charge in [-0.1, -0.05) is 6.92 Å². The van der Waals surface area contributed by atoms with Crippen molar-refractivity contribution in [1.82, 2.24) is 4.90 Å². The lowest BCUT2D eigenvalue weighted by Crippen LogP contribution is -2.65. The normalized spacial score (nSPS) is 39.0. The molecule has 13 heavy (non-hydrogen) atoms. The first-order chi connectivity index (χ1) is 6.14. The fourth-order valence-corrected chi connectivity index (χ4v) is 2.51. The molecule has 1 saturated carbocycles. The molecular weight excluding hydrogens is 166 g/mol. The molecule has 2 rings (SSSR count). The lowest BCUT2D eigenvalue weighted by atomic mass is 9.89. The van der Waals surface area contributed by atoms with Crippen molar-refractivity contribution in [2.45, 2.75) is 50.4 Å². The zero-order valence-corrected chi connectivity index (χ0v) is 8.24. The summed E-state index contributed by atoms with van der Waals surface area (Å²) in [6.45, 7) is 3.53. The number of nitrogens with zero attached hydrogens (tertiary/aromatic N) is 1. The van der Waals surface area contributed by atoms with Gasteiger partial charge in [0.2, 0.25) is 0 Å². The summed E-state index contributed by atoms with van der Waals surface area (Å²) in [6, 6.07) is 0.326. The molecule has 0 unspecified atom stereocenters. The third-order valence-electron chi connectivity index (χ3n) is 3.57. The second kappa shape index (κ2) is 3.23. The Balaban J connectivity index is 1.85. The van der Waals surface area contributed by atoms with Crippen LogP contribution in [0.2, 0.25) is 0 Å². The number of hydrogen-bond acceptors (Lipinski definition) is 3. The molecule has 76 valence electrons. The van der Waals surface area contributed by atoms with Gasteiger partial charge in [-0.25, -0.2) is 0 Å². The van der Waals surface area contributed by atoms with E-state index in [2.05, 4.69) is 4.90 Å². The smallest absolute Gasteiger partial charge is 0.0897 e. The summed E-state index contributed by atoms with van der Waals surface area (Å²) >= 11 is 0. The van der Waals surface area contributed by atoms with Gasteiger partial charge in [-0.05, 0) is 25.7 Å². The Morgan fingerprint density at radius 3 is 2.54 bits per heavy atom. The lowest BCUT2D eigenvalue weighted by Gasteiger charge is -2.49. The van der Waals surface area contributed by atoms with E-state index in [-0.39, 0.29) is 6.10 Å². The molecule has 0 amide bonds. The highest BCUT2D eigenvalue weighted by Gasteiger charge is 2.45. The molecule has 0 aromatic heterocycles. The summed E-state index contributed by atoms with van der Waals surface area (Å²) in [4.78, 5) is 2.22. The third kappa shape index (κ3) is 1.60. The maximum atomic E-state index is 9.81. The van der Waals surface area contributed by atoms with Crippen LogP contribution < -0.4 is 0 Å². The van der Waals surface area contributed by atoms with Gasteiger partial charge in [-0.2, -0.15) is 0 Å². The third-order valence-corrected chi connectivity index (χ3v) is 3.57. The van der Waals surface area contributed by atoms with E-state index in [1.807, 2.05) is 6.92 Å². The Morgan fingerprint density at radius 2 is 2.08 bits per heavy atom. The highest BCUT2D eigenvalue weighted by molar-refractivity contribution is 5.00. The van der Waals surface area contributed by atoms with Crippen LogP contribution in [0.4, 0.5) is 0 Å². The Bertz CT molecular complexity index is 189. The Hall–Kier alpha value is -0.120. The molecule has 0 spiro atoms. The summed E-state index contributed by atoms with van der Waals surface area (Å²) in [7, 11) is 0. The molecule has 2 atom stereocenters. The minimum Gasteiger partial charge on any atom is -0.391 e. The van der Waals surface area contributed by atoms with Crippen molar-refractivity contribution in [2.75, 3.05) is 13.1 Å². The summed E-state index contributed by atoms with van der Waals surface area (Å²) < 4.78 is 0. The molecule has 3 heteroatoms. The van der Waals surface area contributed by atoms with Gasteiger partial charge in [0.25, 0.3) is 0 Å². The molecule has 1 aliphatic heterocycles. The Morgan fingerprint density at radius 1 is 1.38 bits per heavy atom. The van der Waals surface area contributed by atoms with Crippen LogP contribution in [0.15, 0.2) is 0 Å². The first-order valence-electron chi connectivity index (χ1n) is 5.29. The van der Waals surface area contributed by atoms with E-state index >= 15 is 0 Å². The Kier molecular flexibility index (Phi) is 2.34. The molecule has 1 aliphatic carbocycles. The molecular formula is C10H19NO2. The number of likely N-dealkylation sites (tertiary alicyclic amines) is 1. The minimum atomic E-state index is -0.456. The second-order valence-electron chi connectivity index (χ2n) is 4.55. The average Bonchev–Trinajstić information content (AvgIpc) is 2.46. The van der Waals surface area contributed by atoms with Crippen LogP contribution in [0.3, 0.4) is 0 Å². The predicted octanol–water partition coefficient (Wildman–Crippen LogP) is 0.357. The van der Waals surface area contributed by atoms with Crippen molar-refractivity contribution in [3.8, 4) is 0 Å². The predicted molar refractivity (Wildman–Crippen MR) is 50.5 cm³/mol. The van der Waals surface area contributed by atoms with Gasteiger partial charge < -0.3 is 10.2 Å².